The molecule has 3 heteroatoms. The van der Waals surface area contributed by atoms with Crippen molar-refractivity contribution in [1.82, 2.24) is 4.57 Å². The van der Waals surface area contributed by atoms with Crippen LogP contribution in [-0.4, -0.2) is 4.57 Å². The summed E-state index contributed by atoms with van der Waals surface area (Å²) in [6, 6.07) is 15.3. The smallest absolute Gasteiger partial charge is 0.0707 e. The van der Waals surface area contributed by atoms with E-state index in [1.165, 1.54) is 37.3 Å². The summed E-state index contributed by atoms with van der Waals surface area (Å²) in [5, 5.41) is 2.21. The van der Waals surface area contributed by atoms with Gasteiger partial charge < -0.3 is 4.57 Å². The lowest BCUT2D eigenvalue weighted by molar-refractivity contribution is 0.724. The molecule has 0 aliphatic carbocycles. The quantitative estimate of drug-likeness (QED) is 0.437. The average molecular weight is 297 g/mol. The number of nitrogens with zero attached hydrogens (tertiary/aromatic N) is 1. The van der Waals surface area contributed by atoms with Crippen LogP contribution in [0, 0.1) is 0 Å². The number of thiophene rings is 2. The summed E-state index contributed by atoms with van der Waals surface area (Å²) in [6.07, 6.45) is 1.17. The van der Waals surface area contributed by atoms with E-state index < -0.39 is 0 Å². The van der Waals surface area contributed by atoms with E-state index in [1.807, 2.05) is 22.7 Å². The molecule has 4 rings (SSSR count). The molecule has 0 unspecified atom stereocenters. The van der Waals surface area contributed by atoms with Crippen molar-refractivity contribution in [2.45, 2.75) is 19.9 Å². The molecule has 0 saturated carbocycles. The van der Waals surface area contributed by atoms with Crippen LogP contribution >= 0.6 is 22.7 Å². The van der Waals surface area contributed by atoms with Gasteiger partial charge in [-0.2, -0.15) is 0 Å². The van der Waals surface area contributed by atoms with Crippen LogP contribution < -0.4 is 0 Å². The first-order chi connectivity index (χ1) is 9.88. The third-order valence-corrected chi connectivity index (χ3v) is 5.89. The molecule has 0 amide bonds. The van der Waals surface area contributed by atoms with Crippen molar-refractivity contribution in [3.63, 3.8) is 0 Å². The Morgan fingerprint density at radius 3 is 2.65 bits per heavy atom. The Labute approximate surface area is 126 Å². The van der Waals surface area contributed by atoms with Gasteiger partial charge in [0.2, 0.25) is 0 Å². The van der Waals surface area contributed by atoms with Gasteiger partial charge in [0.1, 0.15) is 0 Å². The fourth-order valence-electron chi connectivity index (χ4n) is 2.77. The molecule has 0 aliphatic heterocycles. The second-order valence-corrected chi connectivity index (χ2v) is 6.95. The zero-order valence-electron chi connectivity index (χ0n) is 11.3. The van der Waals surface area contributed by atoms with E-state index in [4.69, 9.17) is 0 Å². The summed E-state index contributed by atoms with van der Waals surface area (Å²) >= 11 is 3.78. The molecule has 0 fully saturated rings. The van der Waals surface area contributed by atoms with E-state index in [0.717, 1.165) is 6.54 Å². The maximum atomic E-state index is 2.48. The number of hydrogen-bond acceptors (Lipinski definition) is 2. The van der Waals surface area contributed by atoms with Gasteiger partial charge in [-0.05, 0) is 29.5 Å². The SMILES string of the molecule is CCCn1c2ccsc2c2sc(-c3ccccc3)cc21. The van der Waals surface area contributed by atoms with Crippen LogP contribution in [0.15, 0.2) is 47.8 Å². The molecule has 0 atom stereocenters. The lowest BCUT2D eigenvalue weighted by atomic mass is 10.2. The highest BCUT2D eigenvalue weighted by molar-refractivity contribution is 7.28. The molecule has 100 valence electrons. The molecule has 0 bridgehead atoms. The standard InChI is InChI=1S/C17H15NS2/c1-2-9-18-13-8-10-19-16(13)17-14(18)11-15(20-17)12-6-4-3-5-7-12/h3-8,10-11H,2,9H2,1H3. The summed E-state index contributed by atoms with van der Waals surface area (Å²) in [5.41, 5.74) is 4.12. The van der Waals surface area contributed by atoms with Gasteiger partial charge >= 0.3 is 0 Å². The molecule has 0 radical (unpaired) electrons. The maximum Gasteiger partial charge on any atom is 0.0707 e. The highest BCUT2D eigenvalue weighted by atomic mass is 32.1. The Morgan fingerprint density at radius 1 is 1.00 bits per heavy atom. The Kier molecular flexibility index (Phi) is 2.90. The van der Waals surface area contributed by atoms with Gasteiger partial charge in [0, 0.05) is 11.4 Å². The molecular weight excluding hydrogens is 282 g/mol. The normalized spacial score (nSPS) is 11.7. The van der Waals surface area contributed by atoms with Crippen molar-refractivity contribution in [3.05, 3.63) is 47.8 Å². The van der Waals surface area contributed by atoms with Crippen molar-refractivity contribution >= 4 is 43.1 Å². The van der Waals surface area contributed by atoms with Crippen LogP contribution in [0.1, 0.15) is 13.3 Å². The van der Waals surface area contributed by atoms with Crippen molar-refractivity contribution in [1.29, 1.82) is 0 Å². The summed E-state index contributed by atoms with van der Waals surface area (Å²) in [5.74, 6) is 0. The average Bonchev–Trinajstić information content (AvgIpc) is 3.15. The first kappa shape index (κ1) is 12.2. The number of rotatable bonds is 3. The first-order valence-corrected chi connectivity index (χ1v) is 8.62. The fourth-order valence-corrected chi connectivity index (χ4v) is 5.00. The van der Waals surface area contributed by atoms with Crippen LogP contribution in [-0.2, 0) is 6.54 Å². The Balaban J connectivity index is 1.99. The lowest BCUT2D eigenvalue weighted by Gasteiger charge is -2.02. The highest BCUT2D eigenvalue weighted by Crippen LogP contribution is 2.41. The predicted octanol–water partition coefficient (Wildman–Crippen LogP) is 5.99. The van der Waals surface area contributed by atoms with Gasteiger partial charge in [-0.3, -0.25) is 0 Å². The van der Waals surface area contributed by atoms with E-state index in [1.54, 1.807) is 0 Å². The fraction of sp³-hybridized carbons (Fsp3) is 0.176. The number of aromatic nitrogens is 1. The lowest BCUT2D eigenvalue weighted by Crippen LogP contribution is -1.94. The van der Waals surface area contributed by atoms with Crippen molar-refractivity contribution < 1.29 is 0 Å². The minimum atomic E-state index is 1.10. The second kappa shape index (κ2) is 4.76. The van der Waals surface area contributed by atoms with E-state index in [-0.39, 0.29) is 0 Å². The number of hydrogen-bond donors (Lipinski definition) is 0. The van der Waals surface area contributed by atoms with E-state index >= 15 is 0 Å². The van der Waals surface area contributed by atoms with Gasteiger partial charge in [-0.25, -0.2) is 0 Å². The minimum absolute atomic E-state index is 1.10. The van der Waals surface area contributed by atoms with Gasteiger partial charge in [0.25, 0.3) is 0 Å². The van der Waals surface area contributed by atoms with Gasteiger partial charge in [0.15, 0.2) is 0 Å². The molecule has 3 aromatic heterocycles. The van der Waals surface area contributed by atoms with Gasteiger partial charge in [0.05, 0.1) is 20.4 Å². The molecule has 1 aromatic carbocycles. The highest BCUT2D eigenvalue weighted by Gasteiger charge is 2.15. The summed E-state index contributed by atoms with van der Waals surface area (Å²) in [6.45, 7) is 3.34. The third-order valence-electron chi connectivity index (χ3n) is 3.65. The second-order valence-electron chi connectivity index (χ2n) is 4.98. The third kappa shape index (κ3) is 1.74. The van der Waals surface area contributed by atoms with Crippen LogP contribution in [0.4, 0.5) is 0 Å². The molecule has 0 saturated heterocycles. The molecule has 0 spiro atoms. The Morgan fingerprint density at radius 2 is 1.85 bits per heavy atom. The van der Waals surface area contributed by atoms with E-state index in [2.05, 4.69) is 59.3 Å². The summed E-state index contributed by atoms with van der Waals surface area (Å²) in [7, 11) is 0. The molecular formula is C17H15NS2. The van der Waals surface area contributed by atoms with Crippen molar-refractivity contribution in [3.8, 4) is 10.4 Å². The zero-order chi connectivity index (χ0) is 13.5. The number of fused-ring (bicyclic) bond motifs is 3. The monoisotopic (exact) mass is 297 g/mol. The van der Waals surface area contributed by atoms with Crippen LogP contribution in [0.3, 0.4) is 0 Å². The van der Waals surface area contributed by atoms with Gasteiger partial charge in [-0.15, -0.1) is 22.7 Å². The summed E-state index contributed by atoms with van der Waals surface area (Å²) in [4.78, 5) is 1.37. The molecule has 4 aromatic rings. The molecule has 1 nitrogen and oxygen atoms in total. The van der Waals surface area contributed by atoms with E-state index in [0.29, 0.717) is 0 Å². The van der Waals surface area contributed by atoms with Crippen LogP contribution in [0.25, 0.3) is 30.9 Å². The molecule has 0 N–H and O–H groups in total. The number of benzene rings is 1. The predicted molar refractivity (Wildman–Crippen MR) is 90.9 cm³/mol. The van der Waals surface area contributed by atoms with Crippen LogP contribution in [0.2, 0.25) is 0 Å². The largest absolute Gasteiger partial charge is 0.339 e. The van der Waals surface area contributed by atoms with Gasteiger partial charge in [-0.1, -0.05) is 37.3 Å². The Hall–Kier alpha value is -1.58. The zero-order valence-corrected chi connectivity index (χ0v) is 12.9. The maximum absolute atomic E-state index is 2.48. The van der Waals surface area contributed by atoms with Crippen molar-refractivity contribution in [2.75, 3.05) is 0 Å². The first-order valence-electron chi connectivity index (χ1n) is 6.93. The number of aryl methyl sites for hydroxylation is 1. The summed E-state index contributed by atoms with van der Waals surface area (Å²) < 4.78 is 5.37. The molecule has 20 heavy (non-hydrogen) atoms. The molecule has 3 heterocycles. The van der Waals surface area contributed by atoms with Crippen molar-refractivity contribution in [2.24, 2.45) is 0 Å². The topological polar surface area (TPSA) is 4.93 Å². The Bertz CT molecular complexity index is 864. The van der Waals surface area contributed by atoms with E-state index in [9.17, 15) is 0 Å². The molecule has 0 aliphatic rings. The van der Waals surface area contributed by atoms with Crippen LogP contribution in [0.5, 0.6) is 0 Å². The minimum Gasteiger partial charge on any atom is -0.339 e.